The Morgan fingerprint density at radius 2 is 1.61 bits per heavy atom. The van der Waals surface area contributed by atoms with E-state index < -0.39 is 5.97 Å². The molecule has 4 aromatic rings. The number of benzene rings is 3. The number of carbonyl (C=O) groups is 2. The van der Waals surface area contributed by atoms with Gasteiger partial charge in [-0.1, -0.05) is 72.4 Å². The van der Waals surface area contributed by atoms with Crippen LogP contribution in [0.3, 0.4) is 0 Å². The molecule has 0 unspecified atom stereocenters. The zero-order chi connectivity index (χ0) is 25.2. The number of esters is 1. The number of hydrogen-bond donors (Lipinski definition) is 1. The van der Waals surface area contributed by atoms with Crippen LogP contribution in [0, 0.1) is 0 Å². The van der Waals surface area contributed by atoms with E-state index in [4.69, 9.17) is 9.47 Å². The van der Waals surface area contributed by atoms with Gasteiger partial charge in [-0.15, -0.1) is 10.2 Å². The molecule has 184 valence electrons. The third-order valence-electron chi connectivity index (χ3n) is 5.12. The number of aromatic nitrogens is 3. The molecule has 0 spiro atoms. The first kappa shape index (κ1) is 25.0. The predicted molar refractivity (Wildman–Crippen MR) is 138 cm³/mol. The lowest BCUT2D eigenvalue weighted by Crippen LogP contribution is -2.18. The molecular formula is C27H26N4O4S. The summed E-state index contributed by atoms with van der Waals surface area (Å²) in [4.78, 5) is 24.9. The molecule has 3 aromatic carbocycles. The highest BCUT2D eigenvalue weighted by molar-refractivity contribution is 7.99. The van der Waals surface area contributed by atoms with Crippen LogP contribution in [0.5, 0.6) is 5.75 Å². The molecule has 0 aliphatic heterocycles. The summed E-state index contributed by atoms with van der Waals surface area (Å²) in [5, 5.41) is 12.0. The highest BCUT2D eigenvalue weighted by Gasteiger charge is 2.17. The summed E-state index contributed by atoms with van der Waals surface area (Å²) in [6.07, 6.45) is 0. The van der Waals surface area contributed by atoms with E-state index in [9.17, 15) is 9.59 Å². The van der Waals surface area contributed by atoms with Crippen LogP contribution >= 0.6 is 11.8 Å². The van der Waals surface area contributed by atoms with Crippen molar-refractivity contribution >= 4 is 29.3 Å². The van der Waals surface area contributed by atoms with Crippen molar-refractivity contribution in [3.8, 4) is 5.75 Å². The van der Waals surface area contributed by atoms with Crippen LogP contribution in [-0.4, -0.2) is 39.0 Å². The Morgan fingerprint density at radius 1 is 0.917 bits per heavy atom. The minimum Gasteiger partial charge on any atom is -0.486 e. The van der Waals surface area contributed by atoms with Gasteiger partial charge < -0.3 is 14.8 Å². The number of nitrogens with one attached hydrogen (secondary N) is 1. The summed E-state index contributed by atoms with van der Waals surface area (Å²) in [6.45, 7) is 2.77. The van der Waals surface area contributed by atoms with Crippen LogP contribution in [0.25, 0.3) is 0 Å². The van der Waals surface area contributed by atoms with Crippen molar-refractivity contribution in [1.29, 1.82) is 0 Å². The van der Waals surface area contributed by atoms with Gasteiger partial charge in [0, 0.05) is 0 Å². The van der Waals surface area contributed by atoms with Crippen molar-refractivity contribution in [2.45, 2.75) is 25.2 Å². The first-order valence-corrected chi connectivity index (χ1v) is 12.4. The smallest absolute Gasteiger partial charge is 0.340 e. The molecule has 1 amide bonds. The summed E-state index contributed by atoms with van der Waals surface area (Å²) < 4.78 is 12.9. The lowest BCUT2D eigenvalue weighted by atomic mass is 10.2. The Hall–Kier alpha value is -4.11. The van der Waals surface area contributed by atoms with E-state index in [-0.39, 0.29) is 24.9 Å². The Morgan fingerprint density at radius 3 is 2.36 bits per heavy atom. The van der Waals surface area contributed by atoms with Gasteiger partial charge in [0.05, 0.1) is 30.2 Å². The van der Waals surface area contributed by atoms with Gasteiger partial charge in [-0.05, 0) is 36.8 Å². The monoisotopic (exact) mass is 502 g/mol. The van der Waals surface area contributed by atoms with Gasteiger partial charge in [-0.25, -0.2) is 4.79 Å². The second-order valence-electron chi connectivity index (χ2n) is 7.68. The lowest BCUT2D eigenvalue weighted by molar-refractivity contribution is -0.113. The van der Waals surface area contributed by atoms with E-state index in [1.165, 1.54) is 11.8 Å². The van der Waals surface area contributed by atoms with Crippen molar-refractivity contribution in [3.63, 3.8) is 0 Å². The van der Waals surface area contributed by atoms with Crippen molar-refractivity contribution in [3.05, 3.63) is 102 Å². The molecule has 8 nitrogen and oxygen atoms in total. The zero-order valence-electron chi connectivity index (χ0n) is 19.8. The molecule has 36 heavy (non-hydrogen) atoms. The van der Waals surface area contributed by atoms with E-state index >= 15 is 0 Å². The average molecular weight is 503 g/mol. The predicted octanol–water partition coefficient (Wildman–Crippen LogP) is 4.81. The molecule has 0 radical (unpaired) electrons. The Labute approximate surface area is 213 Å². The lowest BCUT2D eigenvalue weighted by Gasteiger charge is -2.12. The molecule has 0 atom stereocenters. The minimum absolute atomic E-state index is 0.0869. The van der Waals surface area contributed by atoms with Crippen LogP contribution in [0.15, 0.2) is 90.1 Å². The van der Waals surface area contributed by atoms with Gasteiger partial charge in [-0.3, -0.25) is 9.36 Å². The Bertz CT molecular complexity index is 1300. The third kappa shape index (κ3) is 6.73. The van der Waals surface area contributed by atoms with Crippen LogP contribution < -0.4 is 10.1 Å². The van der Waals surface area contributed by atoms with Crippen LogP contribution in [0.1, 0.15) is 28.7 Å². The maximum Gasteiger partial charge on any atom is 0.340 e. The largest absolute Gasteiger partial charge is 0.486 e. The maximum absolute atomic E-state index is 12.7. The van der Waals surface area contributed by atoms with Crippen molar-refractivity contribution in [2.75, 3.05) is 17.7 Å². The fourth-order valence-corrected chi connectivity index (χ4v) is 4.17. The summed E-state index contributed by atoms with van der Waals surface area (Å²) in [5.41, 5.74) is 1.79. The number of amides is 1. The second kappa shape index (κ2) is 12.6. The fourth-order valence-electron chi connectivity index (χ4n) is 3.42. The first-order valence-electron chi connectivity index (χ1n) is 11.5. The van der Waals surface area contributed by atoms with Gasteiger partial charge in [-0.2, -0.15) is 0 Å². The molecule has 0 saturated carbocycles. The number of hydrogen-bond acceptors (Lipinski definition) is 7. The number of nitrogens with zero attached hydrogens (tertiary/aromatic N) is 3. The molecule has 1 heterocycles. The number of anilines is 1. The van der Waals surface area contributed by atoms with Crippen LogP contribution in [0.2, 0.25) is 0 Å². The van der Waals surface area contributed by atoms with E-state index in [1.54, 1.807) is 31.2 Å². The minimum atomic E-state index is -0.480. The molecule has 0 bridgehead atoms. The first-order chi connectivity index (χ1) is 17.6. The highest BCUT2D eigenvalue weighted by Crippen LogP contribution is 2.22. The highest BCUT2D eigenvalue weighted by atomic mass is 32.2. The molecular weight excluding hydrogens is 476 g/mol. The summed E-state index contributed by atoms with van der Waals surface area (Å²) >= 11 is 1.27. The van der Waals surface area contributed by atoms with Crippen molar-refractivity contribution < 1.29 is 19.1 Å². The standard InChI is InChI=1S/C27H26N4O4S/c1-2-34-26(33)22-15-9-10-16-23(22)28-25(32)19-36-27-30-29-24(18-35-21-13-7-4-8-14-21)31(27)17-20-11-5-3-6-12-20/h3-16H,2,17-19H2,1H3,(H,28,32). The van der Waals surface area contributed by atoms with Crippen molar-refractivity contribution in [1.82, 2.24) is 14.8 Å². The molecule has 0 saturated heterocycles. The van der Waals surface area contributed by atoms with Crippen LogP contribution in [-0.2, 0) is 22.7 Å². The molecule has 0 aliphatic carbocycles. The van der Waals surface area contributed by atoms with E-state index in [0.717, 1.165) is 11.3 Å². The quantitative estimate of drug-likeness (QED) is 0.232. The molecule has 0 aliphatic rings. The van der Waals surface area contributed by atoms with E-state index in [2.05, 4.69) is 15.5 Å². The van der Waals surface area contributed by atoms with Crippen LogP contribution in [0.4, 0.5) is 5.69 Å². The fraction of sp³-hybridized carbons (Fsp3) is 0.185. The normalized spacial score (nSPS) is 10.6. The van der Waals surface area contributed by atoms with Gasteiger partial charge in [0.15, 0.2) is 11.0 Å². The summed E-state index contributed by atoms with van der Waals surface area (Å²) in [7, 11) is 0. The molecule has 1 N–H and O–H groups in total. The Kier molecular flexibility index (Phi) is 8.72. The topological polar surface area (TPSA) is 95.3 Å². The SMILES string of the molecule is CCOC(=O)c1ccccc1NC(=O)CSc1nnc(COc2ccccc2)n1Cc1ccccc1. The number of rotatable bonds is 11. The zero-order valence-corrected chi connectivity index (χ0v) is 20.6. The molecule has 4 rings (SSSR count). The van der Waals surface area contributed by atoms with Gasteiger partial charge in [0.1, 0.15) is 12.4 Å². The molecule has 9 heteroatoms. The summed E-state index contributed by atoms with van der Waals surface area (Å²) in [5.74, 6) is 0.725. The number of ether oxygens (including phenoxy) is 2. The molecule has 0 fully saturated rings. The number of carbonyl (C=O) groups excluding carboxylic acids is 2. The van der Waals surface area contributed by atoms with Gasteiger partial charge >= 0.3 is 5.97 Å². The maximum atomic E-state index is 12.7. The number of thioether (sulfide) groups is 1. The third-order valence-corrected chi connectivity index (χ3v) is 6.08. The van der Waals surface area contributed by atoms with Gasteiger partial charge in [0.2, 0.25) is 5.91 Å². The van der Waals surface area contributed by atoms with E-state index in [0.29, 0.717) is 28.8 Å². The van der Waals surface area contributed by atoms with Crippen molar-refractivity contribution in [2.24, 2.45) is 0 Å². The van der Waals surface area contributed by atoms with E-state index in [1.807, 2.05) is 65.2 Å². The summed E-state index contributed by atoms with van der Waals surface area (Å²) in [6, 6.07) is 26.2. The molecule has 1 aromatic heterocycles. The van der Waals surface area contributed by atoms with Gasteiger partial charge in [0.25, 0.3) is 0 Å². The Balaban J connectivity index is 1.46. The number of para-hydroxylation sites is 2. The average Bonchev–Trinajstić information content (AvgIpc) is 3.29. The second-order valence-corrected chi connectivity index (χ2v) is 8.62.